The van der Waals surface area contributed by atoms with Gasteiger partial charge in [-0.05, 0) is 48.9 Å². The summed E-state index contributed by atoms with van der Waals surface area (Å²) in [5, 5.41) is 0. The molecule has 7 nitrogen and oxygen atoms in total. The number of methoxy groups -OCH3 is 3. The van der Waals surface area contributed by atoms with E-state index in [0.29, 0.717) is 35.0 Å². The van der Waals surface area contributed by atoms with Crippen LogP contribution in [0.1, 0.15) is 30.9 Å². The van der Waals surface area contributed by atoms with Gasteiger partial charge in [0.2, 0.25) is 11.6 Å². The smallest absolute Gasteiger partial charge is 0.363 e. The summed E-state index contributed by atoms with van der Waals surface area (Å²) in [4.78, 5) is 16.7. The summed E-state index contributed by atoms with van der Waals surface area (Å²) < 4.78 is 27.1. The van der Waals surface area contributed by atoms with Crippen LogP contribution in [0, 0.1) is 0 Å². The Morgan fingerprint density at radius 1 is 0.967 bits per heavy atom. The maximum atomic E-state index is 12.4. The molecule has 0 radical (unpaired) electrons. The van der Waals surface area contributed by atoms with Crippen LogP contribution in [-0.2, 0) is 9.53 Å². The quantitative estimate of drug-likeness (QED) is 0.349. The first kappa shape index (κ1) is 21.2. The van der Waals surface area contributed by atoms with Gasteiger partial charge in [0.05, 0.1) is 27.9 Å². The van der Waals surface area contributed by atoms with Gasteiger partial charge in [0.25, 0.3) is 0 Å². The standard InChI is InChI=1S/C23H25NO6/c1-5-6-13-29-17-10-7-15(8-11-17)22-24-18(23(25)30-22)14-16-9-12-19(26-2)21(28-4)20(16)27-3/h7-12,14H,5-6,13H2,1-4H3/b18-14+. The molecule has 0 spiro atoms. The fraction of sp³-hybridized carbons (Fsp3) is 0.304. The summed E-state index contributed by atoms with van der Waals surface area (Å²) in [5.74, 6) is 1.87. The Morgan fingerprint density at radius 3 is 2.33 bits per heavy atom. The average Bonchev–Trinajstić information content (AvgIpc) is 3.14. The number of benzene rings is 2. The zero-order valence-electron chi connectivity index (χ0n) is 17.6. The highest BCUT2D eigenvalue weighted by atomic mass is 16.6. The number of aliphatic imine (C=N–C) groups is 1. The highest BCUT2D eigenvalue weighted by molar-refractivity contribution is 6.13. The molecule has 2 aromatic carbocycles. The van der Waals surface area contributed by atoms with Crippen LogP contribution in [0.25, 0.3) is 6.08 Å². The second-order valence-electron chi connectivity index (χ2n) is 6.49. The van der Waals surface area contributed by atoms with Crippen molar-refractivity contribution >= 4 is 17.9 Å². The predicted molar refractivity (Wildman–Crippen MR) is 114 cm³/mol. The minimum Gasteiger partial charge on any atom is -0.494 e. The fourth-order valence-electron chi connectivity index (χ4n) is 2.95. The highest BCUT2D eigenvalue weighted by Crippen LogP contribution is 2.40. The molecule has 30 heavy (non-hydrogen) atoms. The van der Waals surface area contributed by atoms with Crippen molar-refractivity contribution in [2.24, 2.45) is 4.99 Å². The van der Waals surface area contributed by atoms with Crippen LogP contribution in [0.2, 0.25) is 0 Å². The molecule has 0 saturated carbocycles. The highest BCUT2D eigenvalue weighted by Gasteiger charge is 2.25. The van der Waals surface area contributed by atoms with Crippen LogP contribution in [0.5, 0.6) is 23.0 Å². The van der Waals surface area contributed by atoms with Crippen molar-refractivity contribution in [2.75, 3.05) is 27.9 Å². The number of ether oxygens (including phenoxy) is 5. The predicted octanol–water partition coefficient (Wildman–Crippen LogP) is 4.24. The first-order chi connectivity index (χ1) is 14.6. The third-order valence-electron chi connectivity index (χ3n) is 4.52. The third-order valence-corrected chi connectivity index (χ3v) is 4.52. The van der Waals surface area contributed by atoms with Crippen LogP contribution in [0.3, 0.4) is 0 Å². The van der Waals surface area contributed by atoms with Crippen LogP contribution in [0.4, 0.5) is 0 Å². The van der Waals surface area contributed by atoms with E-state index >= 15 is 0 Å². The van der Waals surface area contributed by atoms with Gasteiger partial charge in [-0.15, -0.1) is 0 Å². The van der Waals surface area contributed by atoms with Crippen LogP contribution in [0.15, 0.2) is 47.1 Å². The summed E-state index contributed by atoms with van der Waals surface area (Å²) in [7, 11) is 4.58. The summed E-state index contributed by atoms with van der Waals surface area (Å²) in [6.07, 6.45) is 3.67. The van der Waals surface area contributed by atoms with Crippen molar-refractivity contribution in [3.05, 3.63) is 53.2 Å². The molecular formula is C23H25NO6. The van der Waals surface area contributed by atoms with Gasteiger partial charge < -0.3 is 23.7 Å². The molecule has 0 bridgehead atoms. The molecule has 0 aromatic heterocycles. The molecular weight excluding hydrogens is 386 g/mol. The van der Waals surface area contributed by atoms with Gasteiger partial charge in [-0.25, -0.2) is 9.79 Å². The monoisotopic (exact) mass is 411 g/mol. The number of carbonyl (C=O) groups is 1. The van der Waals surface area contributed by atoms with Crippen molar-refractivity contribution in [3.8, 4) is 23.0 Å². The van der Waals surface area contributed by atoms with E-state index in [2.05, 4.69) is 11.9 Å². The van der Waals surface area contributed by atoms with E-state index in [-0.39, 0.29) is 11.6 Å². The van der Waals surface area contributed by atoms with Crippen molar-refractivity contribution in [1.29, 1.82) is 0 Å². The number of nitrogens with zero attached hydrogens (tertiary/aromatic N) is 1. The lowest BCUT2D eigenvalue weighted by molar-refractivity contribution is -0.129. The zero-order chi connectivity index (χ0) is 21.5. The first-order valence-electron chi connectivity index (χ1n) is 9.66. The number of rotatable bonds is 9. The number of hydrogen-bond donors (Lipinski definition) is 0. The van der Waals surface area contributed by atoms with Crippen LogP contribution >= 0.6 is 0 Å². The molecule has 1 aliphatic heterocycles. The maximum absolute atomic E-state index is 12.4. The van der Waals surface area contributed by atoms with Gasteiger partial charge in [-0.1, -0.05) is 13.3 Å². The van der Waals surface area contributed by atoms with E-state index in [1.165, 1.54) is 14.2 Å². The molecule has 0 fully saturated rings. The molecule has 0 unspecified atom stereocenters. The Morgan fingerprint density at radius 2 is 1.70 bits per heavy atom. The summed E-state index contributed by atoms with van der Waals surface area (Å²) in [5.41, 5.74) is 1.47. The maximum Gasteiger partial charge on any atom is 0.363 e. The summed E-state index contributed by atoms with van der Waals surface area (Å²) in [6.45, 7) is 2.79. The van der Waals surface area contributed by atoms with E-state index in [1.54, 1.807) is 25.3 Å². The largest absolute Gasteiger partial charge is 0.494 e. The molecule has 2 aromatic rings. The molecule has 1 heterocycles. The SMILES string of the molecule is CCCCOc1ccc(C2=N/C(=C/c3ccc(OC)c(OC)c3OC)C(=O)O2)cc1. The molecule has 0 saturated heterocycles. The van der Waals surface area contributed by atoms with Gasteiger partial charge >= 0.3 is 5.97 Å². The average molecular weight is 411 g/mol. The van der Waals surface area contributed by atoms with Gasteiger partial charge in [-0.3, -0.25) is 0 Å². The minimum atomic E-state index is -0.537. The van der Waals surface area contributed by atoms with Crippen LogP contribution < -0.4 is 18.9 Å². The second-order valence-corrected chi connectivity index (χ2v) is 6.49. The Balaban J connectivity index is 1.86. The number of unbranched alkanes of at least 4 members (excludes halogenated alkanes) is 1. The Bertz CT molecular complexity index is 962. The summed E-state index contributed by atoms with van der Waals surface area (Å²) >= 11 is 0. The summed E-state index contributed by atoms with van der Waals surface area (Å²) in [6, 6.07) is 10.8. The molecule has 0 amide bonds. The lowest BCUT2D eigenvalue weighted by atomic mass is 10.1. The number of esters is 1. The van der Waals surface area contributed by atoms with Crippen molar-refractivity contribution < 1.29 is 28.5 Å². The van der Waals surface area contributed by atoms with E-state index in [1.807, 2.05) is 24.3 Å². The normalized spacial score (nSPS) is 14.3. The molecule has 1 aliphatic rings. The molecule has 158 valence electrons. The van der Waals surface area contributed by atoms with Gasteiger partial charge in [0.15, 0.2) is 17.2 Å². The molecule has 0 atom stereocenters. The Kier molecular flexibility index (Phi) is 6.95. The minimum absolute atomic E-state index is 0.166. The third kappa shape index (κ3) is 4.56. The van der Waals surface area contributed by atoms with Crippen LogP contribution in [-0.4, -0.2) is 39.8 Å². The van der Waals surface area contributed by atoms with Crippen molar-refractivity contribution in [2.45, 2.75) is 19.8 Å². The molecule has 0 aliphatic carbocycles. The van der Waals surface area contributed by atoms with Gasteiger partial charge in [-0.2, -0.15) is 0 Å². The molecule has 0 N–H and O–H groups in total. The number of hydrogen-bond acceptors (Lipinski definition) is 7. The van der Waals surface area contributed by atoms with Crippen molar-refractivity contribution in [1.82, 2.24) is 0 Å². The topological polar surface area (TPSA) is 75.6 Å². The second kappa shape index (κ2) is 9.82. The Hall–Kier alpha value is -3.48. The van der Waals surface area contributed by atoms with E-state index < -0.39 is 5.97 Å². The fourth-order valence-corrected chi connectivity index (χ4v) is 2.95. The number of carbonyl (C=O) groups excluding carboxylic acids is 1. The zero-order valence-corrected chi connectivity index (χ0v) is 17.6. The lowest BCUT2D eigenvalue weighted by Gasteiger charge is -2.14. The lowest BCUT2D eigenvalue weighted by Crippen LogP contribution is -2.05. The van der Waals surface area contributed by atoms with E-state index in [4.69, 9.17) is 23.7 Å². The first-order valence-corrected chi connectivity index (χ1v) is 9.66. The molecule has 3 rings (SSSR count). The van der Waals surface area contributed by atoms with E-state index in [9.17, 15) is 4.79 Å². The number of cyclic esters (lactones) is 1. The van der Waals surface area contributed by atoms with Gasteiger partial charge in [0.1, 0.15) is 5.75 Å². The van der Waals surface area contributed by atoms with Crippen molar-refractivity contribution in [3.63, 3.8) is 0 Å². The Labute approximate surface area is 175 Å². The molecule has 7 heteroatoms. The van der Waals surface area contributed by atoms with Gasteiger partial charge in [0, 0.05) is 11.1 Å². The van der Waals surface area contributed by atoms with E-state index in [0.717, 1.165) is 18.6 Å².